The second-order valence-corrected chi connectivity index (χ2v) is 11.3. The van der Waals surface area contributed by atoms with E-state index in [1.54, 1.807) is 24.3 Å². The molecule has 0 saturated carbocycles. The number of amides is 2. The molecular formula is C26H33N3O5S. The number of nitrogens with zero attached hydrogens (tertiary/aromatic N) is 2. The summed E-state index contributed by atoms with van der Waals surface area (Å²) in [5.41, 5.74) is 1.53. The van der Waals surface area contributed by atoms with Crippen LogP contribution in [0.1, 0.15) is 38.2 Å². The summed E-state index contributed by atoms with van der Waals surface area (Å²) in [7, 11) is -3.52. The first kappa shape index (κ1) is 25.2. The van der Waals surface area contributed by atoms with Gasteiger partial charge in [-0.2, -0.15) is 4.31 Å². The second kappa shape index (κ2) is 11.2. The Balaban J connectivity index is 1.24. The average molecular weight is 500 g/mol. The van der Waals surface area contributed by atoms with E-state index in [-0.39, 0.29) is 23.3 Å². The van der Waals surface area contributed by atoms with Crippen LogP contribution in [0.2, 0.25) is 0 Å². The monoisotopic (exact) mass is 499 g/mol. The maximum Gasteiger partial charge on any atom is 0.262 e. The topological polar surface area (TPSA) is 96.0 Å². The Hall–Kier alpha value is -2.91. The van der Waals surface area contributed by atoms with Crippen molar-refractivity contribution in [1.29, 1.82) is 0 Å². The van der Waals surface area contributed by atoms with Gasteiger partial charge in [0, 0.05) is 31.9 Å². The molecular weight excluding hydrogens is 466 g/mol. The third kappa shape index (κ3) is 6.61. The molecule has 2 aliphatic heterocycles. The van der Waals surface area contributed by atoms with Gasteiger partial charge in [-0.1, -0.05) is 19.1 Å². The zero-order valence-electron chi connectivity index (χ0n) is 20.1. The summed E-state index contributed by atoms with van der Waals surface area (Å²) < 4.78 is 32.7. The molecule has 35 heavy (non-hydrogen) atoms. The predicted molar refractivity (Wildman–Crippen MR) is 134 cm³/mol. The maximum atomic E-state index is 12.8. The molecule has 2 aromatic carbocycles. The van der Waals surface area contributed by atoms with Crippen molar-refractivity contribution in [2.45, 2.75) is 43.9 Å². The van der Waals surface area contributed by atoms with E-state index in [9.17, 15) is 18.0 Å². The first-order valence-electron chi connectivity index (χ1n) is 12.2. The molecule has 0 aromatic heterocycles. The van der Waals surface area contributed by atoms with Gasteiger partial charge in [-0.15, -0.1) is 0 Å². The van der Waals surface area contributed by atoms with Crippen molar-refractivity contribution in [3.05, 3.63) is 54.1 Å². The number of sulfonamides is 1. The molecule has 0 aliphatic carbocycles. The summed E-state index contributed by atoms with van der Waals surface area (Å²) in [6.45, 7) is 4.69. The first-order chi connectivity index (χ1) is 16.8. The van der Waals surface area contributed by atoms with Crippen molar-refractivity contribution < 1.29 is 22.7 Å². The molecule has 0 radical (unpaired) electrons. The smallest absolute Gasteiger partial charge is 0.262 e. The standard InChI is InChI=1S/C26H33N3O5S/c1-20-12-16-29(17-13-20)35(32,33)24-10-8-23(9-11-24)34-19-25(30)27-22-6-4-21(5-7-22)18-26(31)28-14-2-3-15-28/h4-11,20H,2-3,12-19H2,1H3,(H,27,30). The quantitative estimate of drug-likeness (QED) is 0.601. The molecule has 2 saturated heterocycles. The number of nitrogens with one attached hydrogen (secondary N) is 1. The van der Waals surface area contributed by atoms with Crippen LogP contribution in [0.15, 0.2) is 53.4 Å². The van der Waals surface area contributed by atoms with E-state index < -0.39 is 10.0 Å². The van der Waals surface area contributed by atoms with Crippen molar-refractivity contribution in [3.63, 3.8) is 0 Å². The molecule has 2 amide bonds. The lowest BCUT2D eigenvalue weighted by molar-refractivity contribution is -0.129. The van der Waals surface area contributed by atoms with Crippen LogP contribution in [0.3, 0.4) is 0 Å². The fourth-order valence-corrected chi connectivity index (χ4v) is 5.86. The minimum Gasteiger partial charge on any atom is -0.484 e. The van der Waals surface area contributed by atoms with E-state index in [1.165, 1.54) is 16.4 Å². The van der Waals surface area contributed by atoms with Crippen LogP contribution in [0, 0.1) is 5.92 Å². The maximum absolute atomic E-state index is 12.8. The molecule has 0 unspecified atom stereocenters. The molecule has 2 aromatic rings. The number of carbonyl (C=O) groups excluding carboxylic acids is 2. The van der Waals surface area contributed by atoms with Crippen molar-refractivity contribution in [2.24, 2.45) is 5.92 Å². The highest BCUT2D eigenvalue weighted by Crippen LogP contribution is 2.25. The van der Waals surface area contributed by atoms with Crippen LogP contribution in [-0.4, -0.2) is 62.2 Å². The lowest BCUT2D eigenvalue weighted by atomic mass is 10.0. The number of ether oxygens (including phenoxy) is 1. The minimum atomic E-state index is -3.52. The molecule has 1 N–H and O–H groups in total. The highest BCUT2D eigenvalue weighted by molar-refractivity contribution is 7.89. The van der Waals surface area contributed by atoms with Gasteiger partial charge in [0.2, 0.25) is 15.9 Å². The Kier molecular flexibility index (Phi) is 8.07. The van der Waals surface area contributed by atoms with E-state index >= 15 is 0 Å². The van der Waals surface area contributed by atoms with Crippen LogP contribution in [-0.2, 0) is 26.0 Å². The van der Waals surface area contributed by atoms with Crippen molar-refractivity contribution in [1.82, 2.24) is 9.21 Å². The zero-order valence-corrected chi connectivity index (χ0v) is 20.9. The van der Waals surface area contributed by atoms with Gasteiger partial charge in [0.25, 0.3) is 5.91 Å². The molecule has 188 valence electrons. The van der Waals surface area contributed by atoms with Crippen LogP contribution in [0.4, 0.5) is 5.69 Å². The summed E-state index contributed by atoms with van der Waals surface area (Å²) in [5.74, 6) is 0.773. The van der Waals surface area contributed by atoms with E-state index in [4.69, 9.17) is 4.74 Å². The van der Waals surface area contributed by atoms with E-state index in [1.807, 2.05) is 17.0 Å². The molecule has 2 heterocycles. The number of piperidine rings is 1. The molecule has 9 heteroatoms. The Morgan fingerprint density at radius 3 is 2.20 bits per heavy atom. The highest BCUT2D eigenvalue weighted by atomic mass is 32.2. The normalized spacial score (nSPS) is 17.3. The zero-order chi connectivity index (χ0) is 24.8. The summed E-state index contributed by atoms with van der Waals surface area (Å²) in [6.07, 6.45) is 4.24. The number of hydrogen-bond acceptors (Lipinski definition) is 5. The van der Waals surface area contributed by atoms with Crippen molar-refractivity contribution in [2.75, 3.05) is 38.1 Å². The Morgan fingerprint density at radius 2 is 1.57 bits per heavy atom. The summed E-state index contributed by atoms with van der Waals surface area (Å²) >= 11 is 0. The number of rotatable bonds is 8. The number of benzene rings is 2. The average Bonchev–Trinajstić information content (AvgIpc) is 3.40. The lowest BCUT2D eigenvalue weighted by Crippen LogP contribution is -2.37. The van der Waals surface area contributed by atoms with Gasteiger partial charge in [-0.3, -0.25) is 9.59 Å². The van der Waals surface area contributed by atoms with Crippen molar-refractivity contribution >= 4 is 27.5 Å². The SMILES string of the molecule is CC1CCN(S(=O)(=O)c2ccc(OCC(=O)Nc3ccc(CC(=O)N4CCCC4)cc3)cc2)CC1. The summed E-state index contributed by atoms with van der Waals surface area (Å²) in [5, 5.41) is 2.77. The third-order valence-corrected chi connectivity index (χ3v) is 8.54. The molecule has 2 fully saturated rings. The molecule has 0 bridgehead atoms. The number of anilines is 1. The summed E-state index contributed by atoms with van der Waals surface area (Å²) in [6, 6.07) is 13.4. The number of hydrogen-bond donors (Lipinski definition) is 1. The van der Waals surface area contributed by atoms with Crippen LogP contribution >= 0.6 is 0 Å². The van der Waals surface area contributed by atoms with Gasteiger partial charge in [-0.25, -0.2) is 8.42 Å². The highest BCUT2D eigenvalue weighted by Gasteiger charge is 2.28. The van der Waals surface area contributed by atoms with Crippen LogP contribution < -0.4 is 10.1 Å². The Labute approximate surface area is 207 Å². The van der Waals surface area contributed by atoms with E-state index in [0.717, 1.165) is 44.3 Å². The largest absolute Gasteiger partial charge is 0.484 e. The minimum absolute atomic E-state index is 0.136. The van der Waals surface area contributed by atoms with Gasteiger partial charge in [0.15, 0.2) is 6.61 Å². The Bertz CT molecular complexity index is 1120. The summed E-state index contributed by atoms with van der Waals surface area (Å²) in [4.78, 5) is 26.7. The van der Waals surface area contributed by atoms with Gasteiger partial charge in [-0.05, 0) is 73.6 Å². The number of carbonyl (C=O) groups is 2. The van der Waals surface area contributed by atoms with Gasteiger partial charge in [0.05, 0.1) is 11.3 Å². The third-order valence-electron chi connectivity index (χ3n) is 6.63. The second-order valence-electron chi connectivity index (χ2n) is 9.36. The number of likely N-dealkylation sites (tertiary alicyclic amines) is 1. The fourth-order valence-electron chi connectivity index (χ4n) is 4.39. The fraction of sp³-hybridized carbons (Fsp3) is 0.462. The Morgan fingerprint density at radius 1 is 0.943 bits per heavy atom. The first-order valence-corrected chi connectivity index (χ1v) is 13.6. The molecule has 0 atom stereocenters. The molecule has 8 nitrogen and oxygen atoms in total. The lowest BCUT2D eigenvalue weighted by Gasteiger charge is -2.29. The van der Waals surface area contributed by atoms with Crippen molar-refractivity contribution in [3.8, 4) is 5.75 Å². The molecule has 2 aliphatic rings. The molecule has 4 rings (SSSR count). The van der Waals surface area contributed by atoms with Crippen LogP contribution in [0.25, 0.3) is 0 Å². The van der Waals surface area contributed by atoms with Crippen LogP contribution in [0.5, 0.6) is 5.75 Å². The van der Waals surface area contributed by atoms with Gasteiger partial charge >= 0.3 is 0 Å². The van der Waals surface area contributed by atoms with E-state index in [0.29, 0.717) is 36.9 Å². The van der Waals surface area contributed by atoms with E-state index in [2.05, 4.69) is 12.2 Å². The molecule has 0 spiro atoms. The van der Waals surface area contributed by atoms with Gasteiger partial charge in [0.1, 0.15) is 5.75 Å². The predicted octanol–water partition coefficient (Wildman–Crippen LogP) is 3.29. The van der Waals surface area contributed by atoms with Gasteiger partial charge < -0.3 is 15.0 Å².